The number of hydrogen-bond acceptors (Lipinski definition) is 2. The maximum atomic E-state index is 6.35. The predicted octanol–water partition coefficient (Wildman–Crippen LogP) is 5.44. The van der Waals surface area contributed by atoms with Crippen LogP contribution in [0.4, 0.5) is 5.69 Å². The third-order valence-corrected chi connectivity index (χ3v) is 3.92. The molecule has 2 rings (SSSR count). The van der Waals surface area contributed by atoms with E-state index in [-0.39, 0.29) is 0 Å². The molecule has 2 aromatic rings. The zero-order valence-corrected chi connectivity index (χ0v) is 14.3. The van der Waals surface area contributed by atoms with E-state index in [1.165, 1.54) is 0 Å². The number of fused-ring (bicyclic) bond motifs is 1. The predicted molar refractivity (Wildman–Crippen MR) is 92.3 cm³/mol. The van der Waals surface area contributed by atoms with Crippen LogP contribution >= 0.6 is 34.2 Å². The monoisotopic (exact) mass is 388 g/mol. The van der Waals surface area contributed by atoms with Gasteiger partial charge < -0.3 is 5.32 Å². The Labute approximate surface area is 133 Å². The fourth-order valence-corrected chi connectivity index (χ4v) is 3.04. The van der Waals surface area contributed by atoms with E-state index in [1.807, 2.05) is 6.07 Å². The number of nitrogens with one attached hydrogen (secondary N) is 1. The van der Waals surface area contributed by atoms with Crippen molar-refractivity contribution < 1.29 is 0 Å². The Balaban J connectivity index is 2.67. The van der Waals surface area contributed by atoms with Crippen molar-refractivity contribution in [2.45, 2.75) is 33.1 Å². The van der Waals surface area contributed by atoms with Gasteiger partial charge in [0.15, 0.2) is 0 Å². The van der Waals surface area contributed by atoms with Gasteiger partial charge in [-0.1, -0.05) is 32.4 Å². The topological polar surface area (TPSA) is 24.9 Å². The zero-order valence-electron chi connectivity index (χ0n) is 11.4. The third kappa shape index (κ3) is 3.31. The minimum atomic E-state index is 0.391. The molecule has 0 spiro atoms. The van der Waals surface area contributed by atoms with Gasteiger partial charge >= 0.3 is 0 Å². The smallest absolute Gasteiger partial charge is 0.0913 e. The number of anilines is 1. The molecule has 1 N–H and O–H groups in total. The van der Waals surface area contributed by atoms with Gasteiger partial charge in [0.25, 0.3) is 0 Å². The van der Waals surface area contributed by atoms with Crippen LogP contribution in [0.1, 0.15) is 38.8 Å². The maximum absolute atomic E-state index is 6.35. The fraction of sp³-hybridized carbons (Fsp3) is 0.400. The Bertz CT molecular complexity index is 596. The number of aromatic nitrogens is 1. The first-order valence-electron chi connectivity index (χ1n) is 6.56. The van der Waals surface area contributed by atoms with Crippen molar-refractivity contribution in [3.63, 3.8) is 0 Å². The van der Waals surface area contributed by atoms with Crippen LogP contribution in [0.3, 0.4) is 0 Å². The molecule has 1 aromatic carbocycles. The first-order valence-corrected chi connectivity index (χ1v) is 8.02. The van der Waals surface area contributed by atoms with E-state index in [2.05, 4.69) is 60.8 Å². The molecule has 0 fully saturated rings. The standard InChI is InChI=1S/C15H18ClIN2/c1-4-5-18-14-8-13(9(2)3)19-15-11(14)6-10(17)7-12(15)16/h6-9H,4-5H2,1-3H3,(H,18,19). The van der Waals surface area contributed by atoms with Crippen molar-refractivity contribution in [3.05, 3.63) is 32.5 Å². The van der Waals surface area contributed by atoms with Gasteiger partial charge in [0.05, 0.1) is 10.5 Å². The maximum Gasteiger partial charge on any atom is 0.0913 e. The van der Waals surface area contributed by atoms with Gasteiger partial charge in [0, 0.05) is 26.9 Å². The summed E-state index contributed by atoms with van der Waals surface area (Å²) in [5.41, 5.74) is 3.11. The van der Waals surface area contributed by atoms with Crippen molar-refractivity contribution in [3.8, 4) is 0 Å². The summed E-state index contributed by atoms with van der Waals surface area (Å²) in [6, 6.07) is 6.25. The summed E-state index contributed by atoms with van der Waals surface area (Å²) in [6.45, 7) is 7.42. The Morgan fingerprint density at radius 2 is 2.05 bits per heavy atom. The highest BCUT2D eigenvalue weighted by Gasteiger charge is 2.11. The van der Waals surface area contributed by atoms with Gasteiger partial charge in [-0.15, -0.1) is 0 Å². The molecule has 0 aliphatic heterocycles. The Kier molecular flexibility index (Phi) is 4.90. The molecule has 0 atom stereocenters. The lowest BCUT2D eigenvalue weighted by atomic mass is 10.1. The second-order valence-electron chi connectivity index (χ2n) is 4.96. The van der Waals surface area contributed by atoms with Gasteiger partial charge in [-0.05, 0) is 53.1 Å². The lowest BCUT2D eigenvalue weighted by molar-refractivity contribution is 0.829. The number of halogens is 2. The SMILES string of the molecule is CCCNc1cc(C(C)C)nc2c(Cl)cc(I)cc12. The number of benzene rings is 1. The first-order chi connectivity index (χ1) is 9.02. The lowest BCUT2D eigenvalue weighted by Crippen LogP contribution is -2.04. The van der Waals surface area contributed by atoms with Crippen molar-refractivity contribution in [2.75, 3.05) is 11.9 Å². The average molecular weight is 389 g/mol. The van der Waals surface area contributed by atoms with E-state index in [0.717, 1.165) is 43.8 Å². The van der Waals surface area contributed by atoms with E-state index in [4.69, 9.17) is 16.6 Å². The van der Waals surface area contributed by atoms with Gasteiger partial charge in [0.2, 0.25) is 0 Å². The molecule has 0 amide bonds. The van der Waals surface area contributed by atoms with Gasteiger partial charge in [0.1, 0.15) is 0 Å². The third-order valence-electron chi connectivity index (χ3n) is 3.01. The summed E-state index contributed by atoms with van der Waals surface area (Å²) in [6.07, 6.45) is 1.10. The molecule has 0 radical (unpaired) electrons. The molecule has 1 heterocycles. The van der Waals surface area contributed by atoms with Gasteiger partial charge in [-0.25, -0.2) is 0 Å². The molecule has 4 heteroatoms. The quantitative estimate of drug-likeness (QED) is 0.706. The Morgan fingerprint density at radius 3 is 2.68 bits per heavy atom. The van der Waals surface area contributed by atoms with Crippen LogP contribution in [0.2, 0.25) is 5.02 Å². The molecule has 19 heavy (non-hydrogen) atoms. The number of hydrogen-bond donors (Lipinski definition) is 1. The molecule has 0 saturated carbocycles. The summed E-state index contributed by atoms with van der Waals surface area (Å²) in [4.78, 5) is 4.71. The van der Waals surface area contributed by atoms with E-state index in [9.17, 15) is 0 Å². The lowest BCUT2D eigenvalue weighted by Gasteiger charge is -2.14. The average Bonchev–Trinajstić information content (AvgIpc) is 2.35. The molecule has 1 aromatic heterocycles. The molecule has 0 unspecified atom stereocenters. The minimum absolute atomic E-state index is 0.391. The Hall–Kier alpha value is -0.550. The molecule has 0 aliphatic rings. The molecule has 2 nitrogen and oxygen atoms in total. The van der Waals surface area contributed by atoms with Crippen LogP contribution < -0.4 is 5.32 Å². The molecule has 0 bridgehead atoms. The highest BCUT2D eigenvalue weighted by Crippen LogP contribution is 2.32. The van der Waals surface area contributed by atoms with E-state index in [0.29, 0.717) is 5.92 Å². The van der Waals surface area contributed by atoms with Crippen LogP contribution in [0.15, 0.2) is 18.2 Å². The summed E-state index contributed by atoms with van der Waals surface area (Å²) in [7, 11) is 0. The summed E-state index contributed by atoms with van der Waals surface area (Å²) < 4.78 is 1.13. The summed E-state index contributed by atoms with van der Waals surface area (Å²) in [5.74, 6) is 0.391. The van der Waals surface area contributed by atoms with Crippen molar-refractivity contribution >= 4 is 50.8 Å². The van der Waals surface area contributed by atoms with Crippen LogP contribution in [-0.4, -0.2) is 11.5 Å². The zero-order chi connectivity index (χ0) is 14.0. The first kappa shape index (κ1) is 14.9. The highest BCUT2D eigenvalue weighted by atomic mass is 127. The number of nitrogens with zero attached hydrogens (tertiary/aromatic N) is 1. The molecule has 0 saturated heterocycles. The van der Waals surface area contributed by atoms with Crippen LogP contribution in [0.5, 0.6) is 0 Å². The van der Waals surface area contributed by atoms with Crippen LogP contribution in [-0.2, 0) is 0 Å². The molecule has 0 aliphatic carbocycles. The van der Waals surface area contributed by atoms with Crippen LogP contribution in [0.25, 0.3) is 10.9 Å². The summed E-state index contributed by atoms with van der Waals surface area (Å²) in [5, 5.41) is 5.32. The molecular weight excluding hydrogens is 371 g/mol. The van der Waals surface area contributed by atoms with Crippen molar-refractivity contribution in [2.24, 2.45) is 0 Å². The summed E-state index contributed by atoms with van der Waals surface area (Å²) >= 11 is 8.64. The van der Waals surface area contributed by atoms with E-state index in [1.54, 1.807) is 0 Å². The number of pyridine rings is 1. The second kappa shape index (κ2) is 6.27. The Morgan fingerprint density at radius 1 is 1.32 bits per heavy atom. The largest absolute Gasteiger partial charge is 0.384 e. The van der Waals surface area contributed by atoms with Gasteiger partial charge in [-0.2, -0.15) is 0 Å². The normalized spacial score (nSPS) is 11.3. The van der Waals surface area contributed by atoms with Crippen molar-refractivity contribution in [1.82, 2.24) is 4.98 Å². The second-order valence-corrected chi connectivity index (χ2v) is 6.61. The van der Waals surface area contributed by atoms with E-state index < -0.39 is 0 Å². The fourth-order valence-electron chi connectivity index (χ4n) is 1.97. The van der Waals surface area contributed by atoms with Crippen LogP contribution in [0, 0.1) is 3.57 Å². The number of rotatable bonds is 4. The highest BCUT2D eigenvalue weighted by molar-refractivity contribution is 14.1. The van der Waals surface area contributed by atoms with Gasteiger partial charge in [-0.3, -0.25) is 4.98 Å². The molecular formula is C15H18ClIN2. The molecule has 102 valence electrons. The van der Waals surface area contributed by atoms with Crippen molar-refractivity contribution in [1.29, 1.82) is 0 Å². The van der Waals surface area contributed by atoms with E-state index >= 15 is 0 Å². The minimum Gasteiger partial charge on any atom is -0.384 e.